The summed E-state index contributed by atoms with van der Waals surface area (Å²) in [7, 11) is 0. The van der Waals surface area contributed by atoms with E-state index in [0.717, 1.165) is 18.2 Å². The second-order valence-corrected chi connectivity index (χ2v) is 7.34. The number of fused-ring (bicyclic) bond motifs is 2. The molecule has 1 aromatic heterocycles. The van der Waals surface area contributed by atoms with E-state index in [4.69, 9.17) is 34.8 Å². The van der Waals surface area contributed by atoms with Gasteiger partial charge in [0.2, 0.25) is 0 Å². The van der Waals surface area contributed by atoms with Crippen LogP contribution in [0.4, 0.5) is 5.69 Å². The molecule has 7 heteroatoms. The number of anilines is 1. The fourth-order valence-electron chi connectivity index (χ4n) is 3.68. The van der Waals surface area contributed by atoms with Crippen molar-refractivity contribution in [2.75, 3.05) is 11.4 Å². The Bertz CT molecular complexity index is 836. The van der Waals surface area contributed by atoms with Gasteiger partial charge in [-0.05, 0) is 43.4 Å². The summed E-state index contributed by atoms with van der Waals surface area (Å²) in [5.41, 5.74) is 1.14. The lowest BCUT2D eigenvalue weighted by atomic mass is 10.1. The number of rotatable bonds is 2. The van der Waals surface area contributed by atoms with Crippen LogP contribution in [-0.4, -0.2) is 22.4 Å². The number of hydrogen-bond donors (Lipinski definition) is 0. The lowest BCUT2D eigenvalue weighted by Gasteiger charge is -2.30. The Kier molecular flexibility index (Phi) is 3.79. The Hall–Kier alpha value is -1.23. The minimum atomic E-state index is -0.455. The van der Waals surface area contributed by atoms with Gasteiger partial charge in [-0.2, -0.15) is 9.78 Å². The van der Waals surface area contributed by atoms with Gasteiger partial charge in [-0.3, -0.25) is 4.79 Å². The van der Waals surface area contributed by atoms with Gasteiger partial charge in [-0.15, -0.1) is 0 Å². The summed E-state index contributed by atoms with van der Waals surface area (Å²) in [5, 5.41) is 4.75. The molecule has 1 saturated carbocycles. The third kappa shape index (κ3) is 2.53. The van der Waals surface area contributed by atoms with Crippen molar-refractivity contribution >= 4 is 40.5 Å². The van der Waals surface area contributed by atoms with Gasteiger partial charge in [0.25, 0.3) is 5.56 Å². The Morgan fingerprint density at radius 3 is 2.61 bits per heavy atom. The highest BCUT2D eigenvalue weighted by Gasteiger charge is 2.38. The molecule has 4 rings (SSSR count). The summed E-state index contributed by atoms with van der Waals surface area (Å²) < 4.78 is 1.21. The molecule has 2 aromatic rings. The number of hydrogen-bond acceptors (Lipinski definition) is 3. The first-order chi connectivity index (χ1) is 11.0. The predicted octanol–water partition coefficient (Wildman–Crippen LogP) is 4.18. The van der Waals surface area contributed by atoms with Gasteiger partial charge in [0.05, 0.1) is 27.6 Å². The van der Waals surface area contributed by atoms with E-state index in [0.29, 0.717) is 16.8 Å². The van der Waals surface area contributed by atoms with Crippen molar-refractivity contribution in [2.45, 2.75) is 25.3 Å². The Morgan fingerprint density at radius 1 is 1.13 bits per heavy atom. The van der Waals surface area contributed by atoms with E-state index in [1.54, 1.807) is 6.07 Å². The highest BCUT2D eigenvalue weighted by molar-refractivity contribution is 6.41. The molecule has 1 aliphatic carbocycles. The van der Waals surface area contributed by atoms with Crippen LogP contribution in [0.15, 0.2) is 29.2 Å². The summed E-state index contributed by atoms with van der Waals surface area (Å²) >= 11 is 18.2. The van der Waals surface area contributed by atoms with Crippen LogP contribution in [0.3, 0.4) is 0 Å². The van der Waals surface area contributed by atoms with E-state index in [-0.39, 0.29) is 10.0 Å². The van der Waals surface area contributed by atoms with Crippen molar-refractivity contribution in [3.05, 3.63) is 49.8 Å². The lowest BCUT2D eigenvalue weighted by Crippen LogP contribution is -2.32. The molecule has 2 atom stereocenters. The van der Waals surface area contributed by atoms with Crippen LogP contribution in [0.2, 0.25) is 15.1 Å². The first kappa shape index (κ1) is 15.3. The Labute approximate surface area is 148 Å². The van der Waals surface area contributed by atoms with Crippen LogP contribution >= 0.6 is 34.8 Å². The molecule has 23 heavy (non-hydrogen) atoms. The summed E-state index contributed by atoms with van der Waals surface area (Å²) in [4.78, 5) is 14.6. The van der Waals surface area contributed by atoms with Crippen LogP contribution in [0, 0.1) is 5.92 Å². The summed E-state index contributed by atoms with van der Waals surface area (Å²) in [5.74, 6) is 0.787. The largest absolute Gasteiger partial charge is 0.367 e. The molecule has 2 fully saturated rings. The third-order valence-electron chi connectivity index (χ3n) is 4.77. The molecule has 2 bridgehead atoms. The number of halogens is 3. The molecule has 2 aliphatic rings. The van der Waals surface area contributed by atoms with Gasteiger partial charge in [0.1, 0.15) is 5.02 Å². The van der Waals surface area contributed by atoms with Crippen molar-refractivity contribution in [1.82, 2.24) is 9.78 Å². The van der Waals surface area contributed by atoms with E-state index in [2.05, 4.69) is 10.00 Å². The topological polar surface area (TPSA) is 38.1 Å². The van der Waals surface area contributed by atoms with E-state index in [1.165, 1.54) is 30.1 Å². The zero-order valence-electron chi connectivity index (χ0n) is 12.2. The number of piperidine rings is 1. The van der Waals surface area contributed by atoms with Crippen LogP contribution in [0.25, 0.3) is 5.69 Å². The number of benzene rings is 1. The molecule has 0 spiro atoms. The standard InChI is InChI=1S/C16H14Cl3N3O/c17-12-6-11(22-16(23)15(19)13(18)7-20-22)3-4-14(12)21-8-9-1-2-10(21)5-9/h3-4,6-7,9-10H,1-2,5,8H2. The van der Waals surface area contributed by atoms with Gasteiger partial charge in [0.15, 0.2) is 0 Å². The van der Waals surface area contributed by atoms with Crippen molar-refractivity contribution in [3.63, 3.8) is 0 Å². The molecule has 2 unspecified atom stereocenters. The SMILES string of the molecule is O=c1c(Cl)c(Cl)cnn1-c1ccc(N2CC3CCC2C3)c(Cl)c1. The molecule has 1 aromatic carbocycles. The van der Waals surface area contributed by atoms with Gasteiger partial charge < -0.3 is 4.90 Å². The zero-order valence-corrected chi connectivity index (χ0v) is 14.4. The average Bonchev–Trinajstić information content (AvgIpc) is 3.16. The first-order valence-corrected chi connectivity index (χ1v) is 8.68. The van der Waals surface area contributed by atoms with Gasteiger partial charge >= 0.3 is 0 Å². The minimum absolute atomic E-state index is 0.0429. The molecule has 1 aliphatic heterocycles. The van der Waals surface area contributed by atoms with Gasteiger partial charge in [-0.25, -0.2) is 0 Å². The summed E-state index contributed by atoms with van der Waals surface area (Å²) in [6.07, 6.45) is 5.16. The zero-order chi connectivity index (χ0) is 16.1. The average molecular weight is 371 g/mol. The Morgan fingerprint density at radius 2 is 1.96 bits per heavy atom. The monoisotopic (exact) mass is 369 g/mol. The first-order valence-electron chi connectivity index (χ1n) is 7.54. The molecule has 0 N–H and O–H groups in total. The maximum Gasteiger partial charge on any atom is 0.291 e. The van der Waals surface area contributed by atoms with Crippen molar-refractivity contribution in [1.29, 1.82) is 0 Å². The highest BCUT2D eigenvalue weighted by atomic mass is 35.5. The highest BCUT2D eigenvalue weighted by Crippen LogP contribution is 2.42. The normalized spacial score (nSPS) is 22.8. The fraction of sp³-hybridized carbons (Fsp3) is 0.375. The van der Waals surface area contributed by atoms with Crippen molar-refractivity contribution in [2.24, 2.45) is 5.92 Å². The van der Waals surface area contributed by atoms with Crippen molar-refractivity contribution in [3.8, 4) is 5.69 Å². The second kappa shape index (κ2) is 5.69. The van der Waals surface area contributed by atoms with E-state index in [9.17, 15) is 4.79 Å². The summed E-state index contributed by atoms with van der Waals surface area (Å²) in [6.45, 7) is 1.06. The molecule has 4 nitrogen and oxygen atoms in total. The van der Waals surface area contributed by atoms with Crippen molar-refractivity contribution < 1.29 is 0 Å². The number of nitrogens with zero attached hydrogens (tertiary/aromatic N) is 3. The molecule has 1 saturated heterocycles. The van der Waals surface area contributed by atoms with Crippen LogP contribution in [0.5, 0.6) is 0 Å². The van der Waals surface area contributed by atoms with E-state index in [1.807, 2.05) is 12.1 Å². The quantitative estimate of drug-likeness (QED) is 0.796. The smallest absolute Gasteiger partial charge is 0.291 e. The van der Waals surface area contributed by atoms with Crippen LogP contribution in [-0.2, 0) is 0 Å². The summed E-state index contributed by atoms with van der Waals surface area (Å²) in [6, 6.07) is 6.14. The predicted molar refractivity (Wildman–Crippen MR) is 93.3 cm³/mol. The maximum atomic E-state index is 12.2. The number of aromatic nitrogens is 2. The molecule has 0 amide bonds. The molecular formula is C16H14Cl3N3O. The minimum Gasteiger partial charge on any atom is -0.367 e. The fourth-order valence-corrected chi connectivity index (χ4v) is 4.21. The van der Waals surface area contributed by atoms with Gasteiger partial charge in [-0.1, -0.05) is 34.8 Å². The second-order valence-electron chi connectivity index (χ2n) is 6.14. The van der Waals surface area contributed by atoms with E-state index < -0.39 is 5.56 Å². The molecular weight excluding hydrogens is 357 g/mol. The van der Waals surface area contributed by atoms with E-state index >= 15 is 0 Å². The maximum absolute atomic E-state index is 12.2. The molecule has 120 valence electrons. The van der Waals surface area contributed by atoms with Gasteiger partial charge in [0, 0.05) is 12.6 Å². The lowest BCUT2D eigenvalue weighted by molar-refractivity contribution is 0.553. The molecule has 0 radical (unpaired) electrons. The van der Waals surface area contributed by atoms with Crippen LogP contribution in [0.1, 0.15) is 19.3 Å². The van der Waals surface area contributed by atoms with Crippen LogP contribution < -0.4 is 10.5 Å². The molecule has 2 heterocycles. The third-order valence-corrected chi connectivity index (χ3v) is 5.82. The Balaban J connectivity index is 1.72.